The summed E-state index contributed by atoms with van der Waals surface area (Å²) in [6.07, 6.45) is 3.25. The maximum Gasteiger partial charge on any atom is 0.237 e. The minimum atomic E-state index is -0.804. The Morgan fingerprint density at radius 2 is 2.15 bits per heavy atom. The summed E-state index contributed by atoms with van der Waals surface area (Å²) in [5, 5.41) is 13.3. The number of carbonyl (C=O) groups is 1. The van der Waals surface area contributed by atoms with Gasteiger partial charge in [0.2, 0.25) is 5.91 Å². The zero-order chi connectivity index (χ0) is 24.7. The molecule has 0 radical (unpaired) electrons. The zero-order valence-corrected chi connectivity index (χ0v) is 21.1. The minimum absolute atomic E-state index is 0.451. The number of carbonyl (C=O) groups excluding carboxylic acids is 1. The maximum absolute atomic E-state index is 12.6. The molecule has 1 aliphatic heterocycles. The van der Waals surface area contributed by atoms with E-state index in [2.05, 4.69) is 33.2 Å². The zero-order valence-electron chi connectivity index (χ0n) is 20.3. The molecule has 0 aliphatic carbocycles. The van der Waals surface area contributed by atoms with Gasteiger partial charge in [0.05, 0.1) is 18.4 Å². The van der Waals surface area contributed by atoms with Crippen molar-refractivity contribution in [3.05, 3.63) is 35.2 Å². The molecule has 3 rings (SSSR count). The smallest absolute Gasteiger partial charge is 0.237 e. The number of nitrogens with one attached hydrogen (secondary N) is 1. The monoisotopic (exact) mass is 483 g/mol. The number of anilines is 2. The molecule has 2 aromatic heterocycles. The minimum Gasteiger partial charge on any atom is -0.495 e. The summed E-state index contributed by atoms with van der Waals surface area (Å²) in [4.78, 5) is 26.4. The summed E-state index contributed by atoms with van der Waals surface area (Å²) in [7, 11) is 3.64. The van der Waals surface area contributed by atoms with E-state index in [1.807, 2.05) is 13.8 Å². The SMILES string of the molecule is CCNc1c(SC(C(N)=O)c2ncccc2OC)nc(N2CCCN(C)CC2)c(C#N)c1CC. The van der Waals surface area contributed by atoms with Gasteiger partial charge in [0, 0.05) is 32.4 Å². The molecular formula is C24H33N7O2S. The first-order valence-corrected chi connectivity index (χ1v) is 12.4. The Labute approximate surface area is 205 Å². The number of pyridine rings is 2. The Morgan fingerprint density at radius 1 is 1.35 bits per heavy atom. The molecule has 1 unspecified atom stereocenters. The molecule has 1 amide bonds. The summed E-state index contributed by atoms with van der Waals surface area (Å²) in [5.74, 6) is 0.616. The van der Waals surface area contributed by atoms with Crippen molar-refractivity contribution in [2.24, 2.45) is 5.73 Å². The number of nitrogens with two attached hydrogens (primary N) is 1. The predicted octanol–water partition coefficient (Wildman–Crippen LogP) is 2.81. The van der Waals surface area contributed by atoms with Crippen molar-refractivity contribution in [1.29, 1.82) is 5.26 Å². The third kappa shape index (κ3) is 5.54. The second-order valence-electron chi connectivity index (χ2n) is 8.10. The van der Waals surface area contributed by atoms with Gasteiger partial charge in [0.25, 0.3) is 0 Å². The van der Waals surface area contributed by atoms with Gasteiger partial charge in [-0.3, -0.25) is 9.78 Å². The number of ether oxygens (including phenoxy) is 1. The summed E-state index contributed by atoms with van der Waals surface area (Å²) in [5.41, 5.74) is 8.53. The van der Waals surface area contributed by atoms with Crippen molar-refractivity contribution in [1.82, 2.24) is 14.9 Å². The van der Waals surface area contributed by atoms with Crippen molar-refractivity contribution < 1.29 is 9.53 Å². The number of hydrogen-bond acceptors (Lipinski definition) is 9. The van der Waals surface area contributed by atoms with E-state index in [-0.39, 0.29) is 0 Å². The molecule has 1 aliphatic rings. The highest BCUT2D eigenvalue weighted by Crippen LogP contribution is 2.43. The topological polar surface area (TPSA) is 120 Å². The van der Waals surface area contributed by atoms with Crippen LogP contribution in [0.25, 0.3) is 0 Å². The third-order valence-electron chi connectivity index (χ3n) is 5.84. The van der Waals surface area contributed by atoms with E-state index in [0.717, 1.165) is 43.9 Å². The van der Waals surface area contributed by atoms with E-state index in [4.69, 9.17) is 15.5 Å². The number of amides is 1. The lowest BCUT2D eigenvalue weighted by Crippen LogP contribution is -2.30. The molecule has 10 heteroatoms. The molecule has 0 bridgehead atoms. The van der Waals surface area contributed by atoms with Crippen LogP contribution in [0.4, 0.5) is 11.5 Å². The number of methoxy groups -OCH3 is 1. The number of nitrogens with zero attached hydrogens (tertiary/aromatic N) is 5. The summed E-state index contributed by atoms with van der Waals surface area (Å²) < 4.78 is 5.44. The Bertz CT molecular complexity index is 1060. The fraction of sp³-hybridized carbons (Fsp3) is 0.500. The van der Waals surface area contributed by atoms with E-state index < -0.39 is 11.2 Å². The van der Waals surface area contributed by atoms with Gasteiger partial charge in [0.1, 0.15) is 33.6 Å². The number of likely N-dealkylation sites (N-methyl/N-ethyl adjacent to an activating group) is 1. The summed E-state index contributed by atoms with van der Waals surface area (Å²) in [6.45, 7) is 8.14. The van der Waals surface area contributed by atoms with Crippen LogP contribution < -0.4 is 20.7 Å². The number of aromatic nitrogens is 2. The van der Waals surface area contributed by atoms with Gasteiger partial charge >= 0.3 is 0 Å². The first kappa shape index (κ1) is 25.6. The molecule has 1 fully saturated rings. The standard InChI is InChI=1S/C24H33N7O2S/c1-5-16-17(15-25)23(31-12-8-11-30(3)13-14-31)29-24(19(16)27-6-2)34-21(22(26)32)20-18(33-4)9-7-10-28-20/h7,9-10,21,27H,5-6,8,11-14H2,1-4H3,(H2,26,32). The Kier molecular flexibility index (Phi) is 8.96. The molecule has 1 saturated heterocycles. The van der Waals surface area contributed by atoms with E-state index in [1.54, 1.807) is 18.3 Å². The molecule has 34 heavy (non-hydrogen) atoms. The van der Waals surface area contributed by atoms with Crippen molar-refractivity contribution >= 4 is 29.2 Å². The van der Waals surface area contributed by atoms with Gasteiger partial charge in [-0.15, -0.1) is 0 Å². The van der Waals surface area contributed by atoms with Gasteiger partial charge < -0.3 is 25.6 Å². The van der Waals surface area contributed by atoms with Gasteiger partial charge in [-0.1, -0.05) is 18.7 Å². The molecule has 1 atom stereocenters. The molecule has 3 heterocycles. The quantitative estimate of drug-likeness (QED) is 0.519. The molecule has 0 aromatic carbocycles. The molecule has 9 nitrogen and oxygen atoms in total. The lowest BCUT2D eigenvalue weighted by atomic mass is 10.0. The number of rotatable bonds is 9. The second kappa shape index (κ2) is 11.9. The molecule has 2 aromatic rings. The van der Waals surface area contributed by atoms with E-state index in [9.17, 15) is 10.1 Å². The van der Waals surface area contributed by atoms with Gasteiger partial charge in [-0.2, -0.15) is 5.26 Å². The van der Waals surface area contributed by atoms with E-state index >= 15 is 0 Å². The van der Waals surface area contributed by atoms with Crippen LogP contribution in [0.2, 0.25) is 0 Å². The first-order chi connectivity index (χ1) is 16.4. The van der Waals surface area contributed by atoms with Crippen molar-refractivity contribution in [2.75, 3.05) is 57.1 Å². The number of hydrogen-bond donors (Lipinski definition) is 2. The highest BCUT2D eigenvalue weighted by Gasteiger charge is 2.30. The Balaban J connectivity index is 2.16. The Morgan fingerprint density at radius 3 is 2.79 bits per heavy atom. The normalized spacial score (nSPS) is 15.3. The van der Waals surface area contributed by atoms with Gasteiger partial charge in [-0.05, 0) is 51.1 Å². The number of primary amides is 1. The van der Waals surface area contributed by atoms with Crippen molar-refractivity contribution in [3.63, 3.8) is 0 Å². The third-order valence-corrected chi connectivity index (χ3v) is 7.05. The highest BCUT2D eigenvalue weighted by molar-refractivity contribution is 8.00. The number of nitriles is 1. The fourth-order valence-electron chi connectivity index (χ4n) is 4.13. The van der Waals surface area contributed by atoms with Crippen LogP contribution >= 0.6 is 11.8 Å². The average molecular weight is 484 g/mol. The van der Waals surface area contributed by atoms with Gasteiger partial charge in [0.15, 0.2) is 0 Å². The molecule has 0 spiro atoms. The molecule has 0 saturated carbocycles. The number of thioether (sulfide) groups is 1. The van der Waals surface area contributed by atoms with Crippen LogP contribution in [0.1, 0.15) is 42.3 Å². The van der Waals surface area contributed by atoms with Crippen LogP contribution in [-0.4, -0.2) is 67.7 Å². The van der Waals surface area contributed by atoms with E-state index in [0.29, 0.717) is 40.8 Å². The van der Waals surface area contributed by atoms with Gasteiger partial charge in [-0.25, -0.2) is 4.98 Å². The second-order valence-corrected chi connectivity index (χ2v) is 9.19. The largest absolute Gasteiger partial charge is 0.495 e. The van der Waals surface area contributed by atoms with Crippen LogP contribution in [0, 0.1) is 11.3 Å². The van der Waals surface area contributed by atoms with Crippen LogP contribution in [0.3, 0.4) is 0 Å². The predicted molar refractivity (Wildman–Crippen MR) is 135 cm³/mol. The van der Waals surface area contributed by atoms with Crippen LogP contribution in [-0.2, 0) is 11.2 Å². The molecular weight excluding hydrogens is 450 g/mol. The maximum atomic E-state index is 12.6. The van der Waals surface area contributed by atoms with Crippen LogP contribution in [0.5, 0.6) is 5.75 Å². The first-order valence-electron chi connectivity index (χ1n) is 11.5. The van der Waals surface area contributed by atoms with Crippen molar-refractivity contribution in [2.45, 2.75) is 37.0 Å². The average Bonchev–Trinajstić information content (AvgIpc) is 3.06. The molecule has 182 valence electrons. The summed E-state index contributed by atoms with van der Waals surface area (Å²) in [6, 6.07) is 5.91. The lowest BCUT2D eigenvalue weighted by molar-refractivity contribution is -0.117. The van der Waals surface area contributed by atoms with Crippen molar-refractivity contribution in [3.8, 4) is 11.8 Å². The van der Waals surface area contributed by atoms with Crippen LogP contribution in [0.15, 0.2) is 23.4 Å². The van der Waals surface area contributed by atoms with E-state index in [1.165, 1.54) is 18.9 Å². The molecule has 3 N–H and O–H groups in total. The summed E-state index contributed by atoms with van der Waals surface area (Å²) >= 11 is 1.24. The fourth-order valence-corrected chi connectivity index (χ4v) is 5.21. The highest BCUT2D eigenvalue weighted by atomic mass is 32.2. The Hall–Kier alpha value is -3.03. The lowest BCUT2D eigenvalue weighted by Gasteiger charge is -2.27.